The summed E-state index contributed by atoms with van der Waals surface area (Å²) in [6, 6.07) is 0. The molecule has 4 nitrogen and oxygen atoms in total. The summed E-state index contributed by atoms with van der Waals surface area (Å²) in [4.78, 5) is 15.6. The number of nitrogens with zero attached hydrogens (tertiary/aromatic N) is 1. The first-order chi connectivity index (χ1) is 5.77. The SMILES string of the molecule is O=C(Cl)C1=CC2=CNON2C=C1. The summed E-state index contributed by atoms with van der Waals surface area (Å²) in [5, 5.41) is 1.02. The molecule has 12 heavy (non-hydrogen) atoms. The Hall–Kier alpha value is -1.26. The van der Waals surface area contributed by atoms with E-state index in [1.807, 2.05) is 0 Å². The van der Waals surface area contributed by atoms with Crippen molar-refractivity contribution < 1.29 is 9.73 Å². The predicted molar refractivity (Wildman–Crippen MR) is 42.2 cm³/mol. The highest BCUT2D eigenvalue weighted by Crippen LogP contribution is 2.20. The number of halogens is 1. The maximum Gasteiger partial charge on any atom is 0.252 e. The molecule has 0 fully saturated rings. The fraction of sp³-hybridized carbons (Fsp3) is 0. The minimum atomic E-state index is -0.473. The minimum absolute atomic E-state index is 0.450. The molecule has 0 radical (unpaired) electrons. The van der Waals surface area contributed by atoms with Crippen LogP contribution in [0, 0.1) is 0 Å². The van der Waals surface area contributed by atoms with Crippen LogP contribution < -0.4 is 5.48 Å². The van der Waals surface area contributed by atoms with E-state index >= 15 is 0 Å². The van der Waals surface area contributed by atoms with Crippen molar-refractivity contribution in [2.24, 2.45) is 0 Å². The van der Waals surface area contributed by atoms with Gasteiger partial charge in [0.25, 0.3) is 5.24 Å². The Balaban J connectivity index is 2.31. The van der Waals surface area contributed by atoms with Crippen LogP contribution in [0.25, 0.3) is 0 Å². The second kappa shape index (κ2) is 2.66. The molecule has 0 aromatic heterocycles. The summed E-state index contributed by atoms with van der Waals surface area (Å²) in [5.41, 5.74) is 3.74. The maximum absolute atomic E-state index is 10.7. The van der Waals surface area contributed by atoms with E-state index in [0.29, 0.717) is 5.57 Å². The summed E-state index contributed by atoms with van der Waals surface area (Å²) < 4.78 is 0. The number of hydrogen-bond donors (Lipinski definition) is 1. The van der Waals surface area contributed by atoms with Gasteiger partial charge in [-0.15, -0.1) is 0 Å². The second-order valence-electron chi connectivity index (χ2n) is 2.29. The van der Waals surface area contributed by atoms with Gasteiger partial charge in [-0.05, 0) is 23.8 Å². The Morgan fingerprint density at radius 2 is 2.50 bits per heavy atom. The van der Waals surface area contributed by atoms with E-state index in [0.717, 1.165) is 5.70 Å². The Kier molecular flexibility index (Phi) is 1.64. The average Bonchev–Trinajstić information content (AvgIpc) is 2.49. The number of rotatable bonds is 1. The first kappa shape index (κ1) is 7.39. The molecular formula is C7H5ClN2O2. The van der Waals surface area contributed by atoms with Crippen molar-refractivity contribution in [2.75, 3.05) is 0 Å². The maximum atomic E-state index is 10.7. The predicted octanol–water partition coefficient (Wildman–Crippen LogP) is 0.799. The normalized spacial score (nSPS) is 19.6. The van der Waals surface area contributed by atoms with Crippen LogP contribution >= 0.6 is 11.6 Å². The zero-order valence-corrected chi connectivity index (χ0v) is 6.71. The number of carbonyl (C=O) groups is 1. The van der Waals surface area contributed by atoms with E-state index in [-0.39, 0.29) is 0 Å². The molecule has 0 unspecified atom stereocenters. The Morgan fingerprint density at radius 1 is 1.67 bits per heavy atom. The van der Waals surface area contributed by atoms with Crippen molar-refractivity contribution in [2.45, 2.75) is 0 Å². The van der Waals surface area contributed by atoms with E-state index in [1.165, 1.54) is 5.06 Å². The van der Waals surface area contributed by atoms with E-state index in [2.05, 4.69) is 5.48 Å². The lowest BCUT2D eigenvalue weighted by Gasteiger charge is -2.15. The molecule has 0 saturated heterocycles. The summed E-state index contributed by atoms with van der Waals surface area (Å²) >= 11 is 5.28. The quantitative estimate of drug-likeness (QED) is 0.612. The van der Waals surface area contributed by atoms with E-state index in [1.54, 1.807) is 24.6 Å². The monoisotopic (exact) mass is 184 g/mol. The van der Waals surface area contributed by atoms with Gasteiger partial charge >= 0.3 is 0 Å². The molecule has 2 aliphatic heterocycles. The average molecular weight is 185 g/mol. The molecule has 1 N–H and O–H groups in total. The van der Waals surface area contributed by atoms with Gasteiger partial charge in [0.2, 0.25) is 0 Å². The molecule has 0 aromatic carbocycles. The number of carbonyl (C=O) groups excluding carboxylic acids is 1. The topological polar surface area (TPSA) is 41.6 Å². The van der Waals surface area contributed by atoms with Gasteiger partial charge < -0.3 is 0 Å². The van der Waals surface area contributed by atoms with Crippen molar-refractivity contribution >= 4 is 16.8 Å². The van der Waals surface area contributed by atoms with Crippen LogP contribution in [-0.2, 0) is 9.73 Å². The van der Waals surface area contributed by atoms with Crippen molar-refractivity contribution in [1.29, 1.82) is 0 Å². The molecule has 0 saturated carbocycles. The lowest BCUT2D eigenvalue weighted by atomic mass is 10.2. The van der Waals surface area contributed by atoms with Gasteiger partial charge in [-0.25, -0.2) is 10.5 Å². The summed E-state index contributed by atoms with van der Waals surface area (Å²) in [7, 11) is 0. The van der Waals surface area contributed by atoms with Crippen LogP contribution in [0.2, 0.25) is 0 Å². The summed E-state index contributed by atoms with van der Waals surface area (Å²) in [5.74, 6) is 0. The zero-order chi connectivity index (χ0) is 8.55. The minimum Gasteiger partial charge on any atom is -0.276 e. The molecule has 2 rings (SSSR count). The molecule has 0 amide bonds. The highest BCUT2D eigenvalue weighted by atomic mass is 35.5. The first-order valence-corrected chi connectivity index (χ1v) is 3.67. The van der Waals surface area contributed by atoms with Gasteiger partial charge in [0.15, 0.2) is 0 Å². The highest BCUT2D eigenvalue weighted by Gasteiger charge is 2.17. The number of hydroxylamine groups is 3. The van der Waals surface area contributed by atoms with E-state index in [9.17, 15) is 4.79 Å². The van der Waals surface area contributed by atoms with Gasteiger partial charge in [0.1, 0.15) is 0 Å². The summed E-state index contributed by atoms with van der Waals surface area (Å²) in [6.45, 7) is 0. The summed E-state index contributed by atoms with van der Waals surface area (Å²) in [6.07, 6.45) is 6.46. The van der Waals surface area contributed by atoms with Gasteiger partial charge in [0, 0.05) is 11.8 Å². The van der Waals surface area contributed by atoms with Crippen molar-refractivity contribution in [3.8, 4) is 0 Å². The molecule has 62 valence electrons. The van der Waals surface area contributed by atoms with Gasteiger partial charge in [-0.3, -0.25) is 4.79 Å². The fourth-order valence-corrected chi connectivity index (χ4v) is 1.08. The van der Waals surface area contributed by atoms with E-state index in [4.69, 9.17) is 16.5 Å². The van der Waals surface area contributed by atoms with Gasteiger partial charge in [0.05, 0.1) is 11.9 Å². The second-order valence-corrected chi connectivity index (χ2v) is 2.64. The molecule has 5 heteroatoms. The third kappa shape index (κ3) is 1.11. The van der Waals surface area contributed by atoms with Crippen molar-refractivity contribution in [1.82, 2.24) is 10.5 Å². The Bertz CT molecular complexity index is 319. The highest BCUT2D eigenvalue weighted by molar-refractivity contribution is 6.68. The third-order valence-electron chi connectivity index (χ3n) is 1.53. The molecule has 0 aliphatic carbocycles. The molecule has 0 aromatic rings. The van der Waals surface area contributed by atoms with E-state index < -0.39 is 5.24 Å². The molecular weight excluding hydrogens is 180 g/mol. The van der Waals surface area contributed by atoms with Gasteiger partial charge in [-0.1, -0.05) is 0 Å². The fourth-order valence-electron chi connectivity index (χ4n) is 0.959. The molecule has 2 aliphatic rings. The molecule has 0 spiro atoms. The number of fused-ring (bicyclic) bond motifs is 1. The van der Waals surface area contributed by atoms with Crippen LogP contribution in [0.3, 0.4) is 0 Å². The van der Waals surface area contributed by atoms with Crippen LogP contribution in [0.5, 0.6) is 0 Å². The lowest BCUT2D eigenvalue weighted by molar-refractivity contribution is -0.113. The van der Waals surface area contributed by atoms with Crippen molar-refractivity contribution in [3.63, 3.8) is 0 Å². The lowest BCUT2D eigenvalue weighted by Crippen LogP contribution is -2.16. The largest absolute Gasteiger partial charge is 0.276 e. The molecule has 2 heterocycles. The van der Waals surface area contributed by atoms with Crippen LogP contribution in [0.1, 0.15) is 0 Å². The molecule has 0 bridgehead atoms. The van der Waals surface area contributed by atoms with Gasteiger partial charge in [-0.2, -0.15) is 4.94 Å². The molecule has 0 atom stereocenters. The Labute approximate surface area is 73.6 Å². The third-order valence-corrected chi connectivity index (χ3v) is 1.75. The number of hydrogen-bond acceptors (Lipinski definition) is 4. The first-order valence-electron chi connectivity index (χ1n) is 3.29. The van der Waals surface area contributed by atoms with Crippen LogP contribution in [0.15, 0.2) is 35.8 Å². The van der Waals surface area contributed by atoms with Crippen molar-refractivity contribution in [3.05, 3.63) is 35.8 Å². The van der Waals surface area contributed by atoms with Crippen LogP contribution in [-0.4, -0.2) is 10.3 Å². The smallest absolute Gasteiger partial charge is 0.252 e. The number of allylic oxidation sites excluding steroid dienone is 3. The van der Waals surface area contributed by atoms with Crippen LogP contribution in [0.4, 0.5) is 0 Å². The zero-order valence-electron chi connectivity index (χ0n) is 5.95. The standard InChI is InChI=1S/C7H5ClN2O2/c8-7(11)5-1-2-10-6(3-5)4-9-12-10/h1-4,9H. The Morgan fingerprint density at radius 3 is 3.25 bits per heavy atom. The number of nitrogens with one attached hydrogen (secondary N) is 1.